The van der Waals surface area contributed by atoms with Crippen LogP contribution in [0.4, 0.5) is 0 Å². The monoisotopic (exact) mass is 537 g/mol. The molecule has 2 atom stereocenters. The molecular weight excluding hydrogens is 504 g/mol. The van der Waals surface area contributed by atoms with Gasteiger partial charge in [0.25, 0.3) is 0 Å². The van der Waals surface area contributed by atoms with Crippen LogP contribution in [0, 0.1) is 13.8 Å². The molecule has 4 aliphatic rings. The summed E-state index contributed by atoms with van der Waals surface area (Å²) in [5.74, 6) is -0.297. The summed E-state index contributed by atoms with van der Waals surface area (Å²) in [6.07, 6.45) is 18.8. The quantitative estimate of drug-likeness (QED) is 0.343. The van der Waals surface area contributed by atoms with Gasteiger partial charge in [0.05, 0.1) is 0 Å². The zero-order chi connectivity index (χ0) is 23.9. The minimum absolute atomic E-state index is 0.415. The summed E-state index contributed by atoms with van der Waals surface area (Å²) in [6, 6.07) is 14.5. The van der Waals surface area contributed by atoms with Gasteiger partial charge in [0.1, 0.15) is 0 Å². The van der Waals surface area contributed by atoms with E-state index in [1.54, 1.807) is 28.8 Å². The normalized spacial score (nSPS) is 23.2. The second-order valence-corrected chi connectivity index (χ2v) is 47.7. The average Bonchev–Trinajstić information content (AvgIpc) is 3.32. The van der Waals surface area contributed by atoms with E-state index in [4.69, 9.17) is 0 Å². The number of hydrogen-bond acceptors (Lipinski definition) is 0. The van der Waals surface area contributed by atoms with Crippen LogP contribution in [0.2, 0.25) is 22.4 Å². The molecule has 0 nitrogen and oxygen atoms in total. The number of aryl methyl sites for hydroxylation is 2. The summed E-state index contributed by atoms with van der Waals surface area (Å²) in [5, 5.41) is 0. The zero-order valence-electron chi connectivity index (χ0n) is 21.3. The van der Waals surface area contributed by atoms with Crippen LogP contribution in [0.1, 0.15) is 45.2 Å². The van der Waals surface area contributed by atoms with Crippen molar-refractivity contribution in [2.24, 2.45) is 0 Å². The van der Waals surface area contributed by atoms with Crippen molar-refractivity contribution in [3.8, 4) is 0 Å². The Bertz CT molecular complexity index is 1330. The van der Waals surface area contributed by atoms with E-state index in [9.17, 15) is 0 Å². The van der Waals surface area contributed by atoms with E-state index in [0.29, 0.717) is 11.8 Å². The molecule has 0 amide bonds. The average molecular weight is 539 g/mol. The van der Waals surface area contributed by atoms with Crippen molar-refractivity contribution in [2.45, 2.75) is 48.0 Å². The topological polar surface area (TPSA) is 0 Å². The van der Waals surface area contributed by atoms with Crippen LogP contribution in [0.15, 0.2) is 96.2 Å². The summed E-state index contributed by atoms with van der Waals surface area (Å²) in [6.45, 7) is 9.84. The predicted molar refractivity (Wildman–Crippen MR) is 149 cm³/mol. The van der Waals surface area contributed by atoms with Crippen LogP contribution in [-0.2, 0) is 17.9 Å². The molecule has 2 aromatic carbocycles. The van der Waals surface area contributed by atoms with Crippen LogP contribution in [0.25, 0.3) is 6.56 Å². The Morgan fingerprint density at radius 2 is 1.09 bits per heavy atom. The summed E-state index contributed by atoms with van der Waals surface area (Å²) in [4.78, 5) is 0. The Balaban J connectivity index is 1.75. The second kappa shape index (κ2) is 7.49. The van der Waals surface area contributed by atoms with E-state index in [2.05, 4.69) is 121 Å². The Morgan fingerprint density at radius 3 is 1.50 bits per heavy atom. The van der Waals surface area contributed by atoms with Gasteiger partial charge in [-0.15, -0.1) is 0 Å². The maximum absolute atomic E-state index is 3.75. The number of hydrogen-bond donors (Lipinski definition) is 0. The Labute approximate surface area is 206 Å². The molecule has 6 rings (SSSR count). The van der Waals surface area contributed by atoms with Crippen molar-refractivity contribution in [3.63, 3.8) is 0 Å². The third-order valence-electron chi connectivity index (χ3n) is 9.53. The van der Waals surface area contributed by atoms with Crippen LogP contribution in [0.5, 0.6) is 0 Å². The molecule has 0 saturated heterocycles. The molecule has 171 valence electrons. The molecule has 0 saturated carbocycles. The first-order valence-electron chi connectivity index (χ1n) is 12.8. The van der Waals surface area contributed by atoms with Gasteiger partial charge in [0.15, 0.2) is 0 Å². The summed E-state index contributed by atoms with van der Waals surface area (Å²) >= 11 is -3.75. The van der Waals surface area contributed by atoms with Crippen molar-refractivity contribution in [2.75, 3.05) is 0 Å². The van der Waals surface area contributed by atoms with Gasteiger partial charge in [0, 0.05) is 0 Å². The van der Waals surface area contributed by atoms with Crippen LogP contribution >= 0.6 is 0 Å². The van der Waals surface area contributed by atoms with Gasteiger partial charge >= 0.3 is 208 Å². The van der Waals surface area contributed by atoms with Crippen molar-refractivity contribution in [1.29, 1.82) is 0 Å². The van der Waals surface area contributed by atoms with Gasteiger partial charge in [-0.25, -0.2) is 0 Å². The molecule has 4 aliphatic carbocycles. The first-order chi connectivity index (χ1) is 16.2. The molecule has 0 aromatic heterocycles. The van der Waals surface area contributed by atoms with E-state index >= 15 is 0 Å². The molecule has 0 heterocycles. The number of allylic oxidation sites excluding steroid dienone is 10. The third-order valence-corrected chi connectivity index (χ3v) is 52.3. The van der Waals surface area contributed by atoms with Crippen LogP contribution in [0.3, 0.4) is 0 Å². The molecule has 2 aromatic rings. The number of fused-ring (bicyclic) bond motifs is 6. The fourth-order valence-corrected chi connectivity index (χ4v) is 31.9. The molecule has 0 aliphatic heterocycles. The molecule has 2 heteroatoms. The van der Waals surface area contributed by atoms with E-state index < -0.39 is 23.9 Å². The standard InChI is InChI=1S/2C14H11.C2H7Si.2CH3.Zr/c2*1-10-6-7-14-12(8-10)9-11-4-2-3-5-13(11)14;1-3-2;;;/h2*2-8,13H,1H3;3H,1-2H3;2*1H3;. The summed E-state index contributed by atoms with van der Waals surface area (Å²) in [7, 11) is 0. The first kappa shape index (κ1) is 22.4. The van der Waals surface area contributed by atoms with Gasteiger partial charge in [-0.2, -0.15) is 0 Å². The predicted octanol–water partition coefficient (Wildman–Crippen LogP) is 8.64. The molecule has 34 heavy (non-hydrogen) atoms. The third kappa shape index (κ3) is 2.85. The van der Waals surface area contributed by atoms with E-state index in [1.165, 1.54) is 22.3 Å². The SMILES string of the molecule is Cc1ccc2c(c1)[C]([Zr]([CH3])([CH3])([C]1=C3C=CC=CC3c3ccc(C)cc31)[SiH](C)C)=C1C=CC=CC12. The fourth-order valence-electron chi connectivity index (χ4n) is 7.15. The Kier molecular flexibility index (Phi) is 4.94. The van der Waals surface area contributed by atoms with Crippen molar-refractivity contribution in [3.05, 3.63) is 130 Å². The number of rotatable bonds is 3. The first-order valence-corrected chi connectivity index (χ1v) is 27.3. The molecule has 0 spiro atoms. The van der Waals surface area contributed by atoms with Gasteiger partial charge in [0.2, 0.25) is 0 Å². The summed E-state index contributed by atoms with van der Waals surface area (Å²) < 4.78 is 9.19. The van der Waals surface area contributed by atoms with Gasteiger partial charge in [-0.05, 0) is 0 Å². The fraction of sp³-hybridized carbons (Fsp3) is 0.250. The van der Waals surface area contributed by atoms with Gasteiger partial charge in [-0.3, -0.25) is 0 Å². The van der Waals surface area contributed by atoms with Gasteiger partial charge in [-0.1, -0.05) is 0 Å². The van der Waals surface area contributed by atoms with Crippen molar-refractivity contribution >= 4 is 12.5 Å². The number of benzene rings is 2. The van der Waals surface area contributed by atoms with Crippen LogP contribution < -0.4 is 0 Å². The van der Waals surface area contributed by atoms with E-state index in [-0.39, 0.29) is 0 Å². The molecular formula is C32H35SiZr. The minimum atomic E-state index is -3.75. The molecule has 0 fully saturated rings. The molecule has 0 N–H and O–H groups in total. The van der Waals surface area contributed by atoms with Gasteiger partial charge < -0.3 is 0 Å². The second-order valence-electron chi connectivity index (χ2n) is 11.9. The molecule has 0 bridgehead atoms. The van der Waals surface area contributed by atoms with Crippen LogP contribution in [-0.4, -0.2) is 5.92 Å². The zero-order valence-corrected chi connectivity index (χ0v) is 24.9. The molecule has 0 radical (unpaired) electrons. The molecule has 2 unspecified atom stereocenters. The Hall–Kier alpha value is -2.02. The van der Waals surface area contributed by atoms with E-state index in [0.717, 1.165) is 0 Å². The van der Waals surface area contributed by atoms with E-state index in [1.807, 2.05) is 0 Å². The van der Waals surface area contributed by atoms with Crippen molar-refractivity contribution < 1.29 is 17.9 Å². The summed E-state index contributed by atoms with van der Waals surface area (Å²) in [5.41, 5.74) is 12.1. The van der Waals surface area contributed by atoms with Crippen molar-refractivity contribution in [1.82, 2.24) is 0 Å². The maximum atomic E-state index is 2.81. The Morgan fingerprint density at radius 1 is 0.647 bits per heavy atom.